The van der Waals surface area contributed by atoms with Gasteiger partial charge in [0.2, 0.25) is 10.0 Å². The lowest BCUT2D eigenvalue weighted by Gasteiger charge is -2.35. The smallest absolute Gasteiger partial charge is 0.291 e. The number of fused-ring (bicyclic) bond motifs is 1. The van der Waals surface area contributed by atoms with Gasteiger partial charge in [0.1, 0.15) is 11.3 Å². The average Bonchev–Trinajstić information content (AvgIpc) is 3.17. The maximum Gasteiger partial charge on any atom is 0.291 e. The van der Waals surface area contributed by atoms with Crippen molar-refractivity contribution in [2.24, 2.45) is 0 Å². The molecule has 0 aromatic carbocycles. The molecule has 12 heteroatoms. The van der Waals surface area contributed by atoms with Crippen LogP contribution >= 0.6 is 11.3 Å². The van der Waals surface area contributed by atoms with E-state index in [0.29, 0.717) is 16.9 Å². The Morgan fingerprint density at radius 2 is 2.00 bits per heavy atom. The van der Waals surface area contributed by atoms with Crippen LogP contribution in [-0.4, -0.2) is 57.6 Å². The molecule has 1 fully saturated rings. The fourth-order valence-corrected chi connectivity index (χ4v) is 6.44. The molecule has 1 aliphatic heterocycles. The summed E-state index contributed by atoms with van der Waals surface area (Å²) in [5.74, 6) is 0. The number of aromatic nitrogens is 4. The van der Waals surface area contributed by atoms with E-state index in [-0.39, 0.29) is 22.0 Å². The van der Waals surface area contributed by atoms with Crippen molar-refractivity contribution in [1.29, 1.82) is 0 Å². The van der Waals surface area contributed by atoms with E-state index in [0.717, 1.165) is 36.2 Å². The summed E-state index contributed by atoms with van der Waals surface area (Å²) < 4.78 is 57.3. The molecule has 1 saturated carbocycles. The highest BCUT2D eigenvalue weighted by molar-refractivity contribution is 7.89. The van der Waals surface area contributed by atoms with Crippen LogP contribution in [0.5, 0.6) is 0 Å². The zero-order chi connectivity index (χ0) is 24.4. The molecule has 1 aliphatic carbocycles. The van der Waals surface area contributed by atoms with Crippen molar-refractivity contribution < 1.29 is 17.2 Å². The van der Waals surface area contributed by atoms with Crippen LogP contribution in [-0.2, 0) is 10.0 Å². The van der Waals surface area contributed by atoms with Crippen molar-refractivity contribution >= 4 is 32.6 Å². The van der Waals surface area contributed by atoms with Crippen LogP contribution in [0, 0.1) is 0 Å². The maximum absolute atomic E-state index is 13.3. The highest BCUT2D eigenvalue weighted by Gasteiger charge is 2.41. The molecule has 0 bridgehead atoms. The van der Waals surface area contributed by atoms with Gasteiger partial charge in [-0.05, 0) is 58.7 Å². The summed E-state index contributed by atoms with van der Waals surface area (Å²) in [5, 5.41) is 7.35. The third kappa shape index (κ3) is 4.16. The molecule has 34 heavy (non-hydrogen) atoms. The van der Waals surface area contributed by atoms with E-state index in [9.17, 15) is 17.2 Å². The molecule has 0 spiro atoms. The predicted octanol–water partition coefficient (Wildman–Crippen LogP) is 4.12. The molecule has 5 rings (SSSR count). The molecule has 8 nitrogen and oxygen atoms in total. The standard InChI is InChI=1S/C22H26F2N6O2S2/c1-12-7-14(8-13(2)29(12)4)16-9-15(34(31,32)28-22(3)5-6-22)11-30-17(10-25-19(16)30)20-26-27-21(33-20)18(23)24/h7,9-13,18,28H,5-6,8H2,1-4H3/t12-,13+/m0/s1. The van der Waals surface area contributed by atoms with E-state index >= 15 is 0 Å². The van der Waals surface area contributed by atoms with Crippen molar-refractivity contribution in [2.75, 3.05) is 7.05 Å². The fraction of sp³-hybridized carbons (Fsp3) is 0.500. The monoisotopic (exact) mass is 508 g/mol. The molecule has 2 aliphatic rings. The van der Waals surface area contributed by atoms with E-state index in [4.69, 9.17) is 0 Å². The first-order valence-corrected chi connectivity index (χ1v) is 13.4. The van der Waals surface area contributed by atoms with Crippen LogP contribution < -0.4 is 4.72 Å². The number of nitrogens with one attached hydrogen (secondary N) is 1. The highest BCUT2D eigenvalue weighted by Crippen LogP contribution is 2.38. The molecule has 3 aromatic rings. The van der Waals surface area contributed by atoms with Gasteiger partial charge >= 0.3 is 0 Å². The quantitative estimate of drug-likeness (QED) is 0.539. The van der Waals surface area contributed by atoms with Crippen molar-refractivity contribution in [1.82, 2.24) is 29.2 Å². The molecule has 1 N–H and O–H groups in total. The van der Waals surface area contributed by atoms with Gasteiger partial charge in [-0.25, -0.2) is 26.9 Å². The molecule has 3 aromatic heterocycles. The van der Waals surface area contributed by atoms with Gasteiger partial charge in [-0.2, -0.15) is 0 Å². The Morgan fingerprint density at radius 1 is 1.26 bits per heavy atom. The third-order valence-electron chi connectivity index (χ3n) is 6.76. The molecule has 0 unspecified atom stereocenters. The number of halogens is 2. The lowest BCUT2D eigenvalue weighted by atomic mass is 9.93. The minimum Gasteiger partial charge on any atom is -0.297 e. The maximum atomic E-state index is 13.3. The largest absolute Gasteiger partial charge is 0.297 e. The SMILES string of the molecule is C[C@@H]1CC(c2cc(S(=O)(=O)NC3(C)CC3)cn3c(-c4nnc(C(F)F)s4)cnc23)=C[C@H](C)N1C. The summed E-state index contributed by atoms with van der Waals surface area (Å²) in [6.07, 6.45) is 4.70. The Kier molecular flexibility index (Phi) is 5.62. The number of imidazole rings is 1. The van der Waals surface area contributed by atoms with Crippen LogP contribution in [0.3, 0.4) is 0 Å². The predicted molar refractivity (Wildman–Crippen MR) is 126 cm³/mol. The minimum atomic E-state index is -3.82. The summed E-state index contributed by atoms with van der Waals surface area (Å²) >= 11 is 0.770. The molecule has 0 amide bonds. The first kappa shape index (κ1) is 23.5. The number of sulfonamides is 1. The second-order valence-corrected chi connectivity index (χ2v) is 12.2. The zero-order valence-corrected chi connectivity index (χ0v) is 20.9. The number of hydrogen-bond donors (Lipinski definition) is 1. The molecule has 0 radical (unpaired) electrons. The number of rotatable bonds is 6. The zero-order valence-electron chi connectivity index (χ0n) is 19.3. The number of nitrogens with zero attached hydrogens (tertiary/aromatic N) is 5. The van der Waals surface area contributed by atoms with Crippen LogP contribution in [0.15, 0.2) is 29.4 Å². The molecule has 0 saturated heterocycles. The van der Waals surface area contributed by atoms with E-state index in [1.807, 2.05) is 6.92 Å². The van der Waals surface area contributed by atoms with Crippen LogP contribution in [0.1, 0.15) is 57.0 Å². The topological polar surface area (TPSA) is 92.5 Å². The third-order valence-corrected chi connectivity index (χ3v) is 9.32. The first-order chi connectivity index (χ1) is 16.0. The summed E-state index contributed by atoms with van der Waals surface area (Å²) in [4.78, 5) is 6.90. The first-order valence-electron chi connectivity index (χ1n) is 11.1. The van der Waals surface area contributed by atoms with E-state index < -0.39 is 27.0 Å². The van der Waals surface area contributed by atoms with Gasteiger partial charge in [-0.1, -0.05) is 17.4 Å². The minimum absolute atomic E-state index is 0.0982. The van der Waals surface area contributed by atoms with E-state index in [1.54, 1.807) is 10.5 Å². The van der Waals surface area contributed by atoms with Gasteiger partial charge in [0.05, 0.1) is 11.1 Å². The van der Waals surface area contributed by atoms with E-state index in [1.165, 1.54) is 12.4 Å². The van der Waals surface area contributed by atoms with Gasteiger partial charge < -0.3 is 0 Å². The van der Waals surface area contributed by atoms with Crippen LogP contribution in [0.2, 0.25) is 0 Å². The molecule has 2 atom stereocenters. The van der Waals surface area contributed by atoms with E-state index in [2.05, 4.69) is 51.8 Å². The lowest BCUT2D eigenvalue weighted by Crippen LogP contribution is -2.39. The lowest BCUT2D eigenvalue weighted by molar-refractivity contribution is 0.150. The molecule has 4 heterocycles. The van der Waals surface area contributed by atoms with Crippen LogP contribution in [0.4, 0.5) is 8.78 Å². The number of hydrogen-bond acceptors (Lipinski definition) is 7. The Labute approximate surface area is 200 Å². The summed E-state index contributed by atoms with van der Waals surface area (Å²) in [7, 11) is -1.76. The number of alkyl halides is 2. The van der Waals surface area contributed by atoms with Crippen molar-refractivity contribution in [3.63, 3.8) is 0 Å². The van der Waals surface area contributed by atoms with Crippen molar-refractivity contribution in [3.05, 3.63) is 35.1 Å². The van der Waals surface area contributed by atoms with Gasteiger partial charge in [-0.3, -0.25) is 9.30 Å². The Hall–Kier alpha value is -2.28. The molecular formula is C22H26F2N6O2S2. The van der Waals surface area contributed by atoms with Crippen molar-refractivity contribution in [3.8, 4) is 10.7 Å². The summed E-state index contributed by atoms with van der Waals surface area (Å²) in [5.41, 5.74) is 2.24. The second kappa shape index (κ2) is 8.14. The normalized spacial score (nSPS) is 23.0. The van der Waals surface area contributed by atoms with Gasteiger partial charge in [0, 0.05) is 29.4 Å². The second-order valence-electron chi connectivity index (χ2n) is 9.49. The van der Waals surface area contributed by atoms with Gasteiger partial charge in [0.15, 0.2) is 10.0 Å². The van der Waals surface area contributed by atoms with Gasteiger partial charge in [-0.15, -0.1) is 10.2 Å². The summed E-state index contributed by atoms with van der Waals surface area (Å²) in [6, 6.07) is 2.08. The highest BCUT2D eigenvalue weighted by atomic mass is 32.2. The Bertz CT molecular complexity index is 1390. The Balaban J connectivity index is 1.70. The molecule has 182 valence electrons. The number of pyridine rings is 1. The van der Waals surface area contributed by atoms with Gasteiger partial charge in [0.25, 0.3) is 6.43 Å². The van der Waals surface area contributed by atoms with Crippen molar-refractivity contribution in [2.45, 2.75) is 69.0 Å². The Morgan fingerprint density at radius 3 is 2.62 bits per heavy atom. The average molecular weight is 509 g/mol. The van der Waals surface area contributed by atoms with Crippen LogP contribution in [0.25, 0.3) is 21.9 Å². The number of likely N-dealkylation sites (N-methyl/N-ethyl adjacent to an activating group) is 1. The fourth-order valence-electron chi connectivity index (χ4n) is 4.24. The summed E-state index contributed by atoms with van der Waals surface area (Å²) in [6.45, 7) is 6.09. The molecular weight excluding hydrogens is 482 g/mol.